The highest BCUT2D eigenvalue weighted by Crippen LogP contribution is 2.28. The fourth-order valence-corrected chi connectivity index (χ4v) is 3.29. The standard InChI is InChI=1S/C14H20N4O2S/c1-9(2)12-6-15-13(21-12)7-18-4-5-19-8-11(18)14-16-10(3)17-20-14/h6,9,11H,4-5,7-8H2,1-3H3/t11-/m1/s1. The fraction of sp³-hybridized carbons (Fsp3) is 0.643. The van der Waals surface area contributed by atoms with E-state index in [1.54, 1.807) is 11.3 Å². The van der Waals surface area contributed by atoms with Gasteiger partial charge in [-0.15, -0.1) is 11.3 Å². The third-order valence-corrected chi connectivity index (χ3v) is 4.83. The molecule has 0 aromatic carbocycles. The van der Waals surface area contributed by atoms with Gasteiger partial charge in [0.1, 0.15) is 11.0 Å². The van der Waals surface area contributed by atoms with Crippen LogP contribution in [0.2, 0.25) is 0 Å². The van der Waals surface area contributed by atoms with Crippen LogP contribution in [0.5, 0.6) is 0 Å². The maximum atomic E-state index is 5.57. The minimum Gasteiger partial charge on any atom is -0.378 e. The summed E-state index contributed by atoms with van der Waals surface area (Å²) in [5.74, 6) is 1.81. The molecule has 1 aliphatic heterocycles. The van der Waals surface area contributed by atoms with E-state index >= 15 is 0 Å². The Morgan fingerprint density at radius 2 is 2.33 bits per heavy atom. The SMILES string of the molecule is Cc1noc([C@H]2COCCN2Cc2ncc(C(C)C)s2)n1. The van der Waals surface area contributed by atoms with Crippen molar-refractivity contribution < 1.29 is 9.26 Å². The van der Waals surface area contributed by atoms with Gasteiger partial charge in [0.2, 0.25) is 5.89 Å². The van der Waals surface area contributed by atoms with Crippen molar-refractivity contribution in [3.63, 3.8) is 0 Å². The predicted molar refractivity (Wildman–Crippen MR) is 79.2 cm³/mol. The molecule has 0 radical (unpaired) electrons. The highest BCUT2D eigenvalue weighted by atomic mass is 32.1. The highest BCUT2D eigenvalue weighted by molar-refractivity contribution is 7.11. The zero-order chi connectivity index (χ0) is 14.8. The second-order valence-corrected chi connectivity index (χ2v) is 6.70. The molecule has 1 aliphatic rings. The molecular weight excluding hydrogens is 288 g/mol. The predicted octanol–water partition coefficient (Wildman–Crippen LogP) is 2.53. The van der Waals surface area contributed by atoms with Gasteiger partial charge in [-0.3, -0.25) is 4.90 Å². The van der Waals surface area contributed by atoms with E-state index in [4.69, 9.17) is 9.26 Å². The molecule has 0 amide bonds. The van der Waals surface area contributed by atoms with E-state index in [-0.39, 0.29) is 6.04 Å². The van der Waals surface area contributed by atoms with E-state index in [0.29, 0.717) is 24.2 Å². The smallest absolute Gasteiger partial charge is 0.246 e. The fourth-order valence-electron chi connectivity index (χ4n) is 2.34. The molecule has 0 spiro atoms. The van der Waals surface area contributed by atoms with Gasteiger partial charge in [-0.05, 0) is 12.8 Å². The van der Waals surface area contributed by atoms with Crippen LogP contribution < -0.4 is 0 Å². The molecule has 2 aromatic rings. The molecule has 1 fully saturated rings. The van der Waals surface area contributed by atoms with Gasteiger partial charge in [0.15, 0.2) is 5.82 Å². The zero-order valence-corrected chi connectivity index (χ0v) is 13.4. The number of aromatic nitrogens is 3. The molecule has 21 heavy (non-hydrogen) atoms. The average Bonchev–Trinajstić information content (AvgIpc) is 3.09. The van der Waals surface area contributed by atoms with Gasteiger partial charge < -0.3 is 9.26 Å². The lowest BCUT2D eigenvalue weighted by Gasteiger charge is -2.32. The monoisotopic (exact) mass is 308 g/mol. The third kappa shape index (κ3) is 3.30. The Balaban J connectivity index is 1.74. The summed E-state index contributed by atoms with van der Waals surface area (Å²) in [5, 5.41) is 5.01. The van der Waals surface area contributed by atoms with E-state index < -0.39 is 0 Å². The normalized spacial score (nSPS) is 20.3. The minimum absolute atomic E-state index is 0.0198. The van der Waals surface area contributed by atoms with Crippen LogP contribution in [-0.4, -0.2) is 39.8 Å². The number of ether oxygens (including phenoxy) is 1. The zero-order valence-electron chi connectivity index (χ0n) is 12.6. The number of nitrogens with zero attached hydrogens (tertiary/aromatic N) is 4. The Morgan fingerprint density at radius 1 is 1.48 bits per heavy atom. The summed E-state index contributed by atoms with van der Waals surface area (Å²) in [7, 11) is 0. The summed E-state index contributed by atoms with van der Waals surface area (Å²) in [6, 6.07) is 0.0198. The second-order valence-electron chi connectivity index (χ2n) is 5.55. The summed E-state index contributed by atoms with van der Waals surface area (Å²) in [6.07, 6.45) is 1.98. The average molecular weight is 308 g/mol. The van der Waals surface area contributed by atoms with Crippen LogP contribution in [0, 0.1) is 6.92 Å². The molecular formula is C14H20N4O2S. The van der Waals surface area contributed by atoms with E-state index in [0.717, 1.165) is 24.7 Å². The van der Waals surface area contributed by atoms with Crippen LogP contribution in [0.25, 0.3) is 0 Å². The second kappa shape index (κ2) is 6.21. The number of rotatable bonds is 4. The molecule has 2 aromatic heterocycles. The first-order chi connectivity index (χ1) is 10.1. The van der Waals surface area contributed by atoms with Crippen LogP contribution >= 0.6 is 11.3 Å². The Morgan fingerprint density at radius 3 is 3.00 bits per heavy atom. The Bertz CT molecular complexity index is 595. The summed E-state index contributed by atoms with van der Waals surface area (Å²) < 4.78 is 10.9. The molecule has 6 nitrogen and oxygen atoms in total. The first-order valence-corrected chi connectivity index (χ1v) is 8.01. The summed E-state index contributed by atoms with van der Waals surface area (Å²) >= 11 is 1.78. The van der Waals surface area contributed by atoms with E-state index in [1.807, 2.05) is 13.1 Å². The van der Waals surface area contributed by atoms with Crippen LogP contribution in [0.15, 0.2) is 10.7 Å². The first-order valence-electron chi connectivity index (χ1n) is 7.20. The van der Waals surface area contributed by atoms with Gasteiger partial charge in [-0.2, -0.15) is 4.98 Å². The number of aryl methyl sites for hydroxylation is 1. The molecule has 0 aliphatic carbocycles. The van der Waals surface area contributed by atoms with Crippen molar-refractivity contribution in [3.05, 3.63) is 27.8 Å². The van der Waals surface area contributed by atoms with E-state index in [2.05, 4.69) is 33.9 Å². The molecule has 0 bridgehead atoms. The van der Waals surface area contributed by atoms with Crippen LogP contribution in [-0.2, 0) is 11.3 Å². The molecule has 7 heteroatoms. The Kier molecular flexibility index (Phi) is 4.32. The topological polar surface area (TPSA) is 64.3 Å². The van der Waals surface area contributed by atoms with Gasteiger partial charge in [0.05, 0.1) is 19.8 Å². The summed E-state index contributed by atoms with van der Waals surface area (Å²) in [4.78, 5) is 12.5. The lowest BCUT2D eigenvalue weighted by atomic mass is 10.2. The van der Waals surface area contributed by atoms with Crippen LogP contribution in [0.3, 0.4) is 0 Å². The summed E-state index contributed by atoms with van der Waals surface area (Å²) in [5.41, 5.74) is 0. The summed E-state index contributed by atoms with van der Waals surface area (Å²) in [6.45, 7) is 9.18. The molecule has 0 N–H and O–H groups in total. The largest absolute Gasteiger partial charge is 0.378 e. The maximum absolute atomic E-state index is 5.57. The third-order valence-electron chi connectivity index (χ3n) is 3.55. The molecule has 3 heterocycles. The maximum Gasteiger partial charge on any atom is 0.246 e. The minimum atomic E-state index is 0.0198. The van der Waals surface area contributed by atoms with Gasteiger partial charge >= 0.3 is 0 Å². The molecule has 114 valence electrons. The number of hydrogen-bond donors (Lipinski definition) is 0. The Hall–Kier alpha value is -1.31. The van der Waals surface area contributed by atoms with Crippen LogP contribution in [0.1, 0.15) is 47.4 Å². The van der Waals surface area contributed by atoms with Crippen LogP contribution in [0.4, 0.5) is 0 Å². The van der Waals surface area contributed by atoms with Crippen molar-refractivity contribution >= 4 is 11.3 Å². The van der Waals surface area contributed by atoms with Gasteiger partial charge in [-0.1, -0.05) is 19.0 Å². The highest BCUT2D eigenvalue weighted by Gasteiger charge is 2.29. The van der Waals surface area contributed by atoms with Crippen molar-refractivity contribution in [2.45, 2.75) is 39.3 Å². The number of hydrogen-bond acceptors (Lipinski definition) is 7. The lowest BCUT2D eigenvalue weighted by molar-refractivity contribution is -0.0241. The molecule has 1 atom stereocenters. The van der Waals surface area contributed by atoms with Gasteiger partial charge in [-0.25, -0.2) is 4.98 Å². The molecule has 0 saturated carbocycles. The van der Waals surface area contributed by atoms with Gasteiger partial charge in [0.25, 0.3) is 0 Å². The Labute approximate surface area is 128 Å². The van der Waals surface area contributed by atoms with E-state index in [1.165, 1.54) is 4.88 Å². The molecule has 0 unspecified atom stereocenters. The molecule has 1 saturated heterocycles. The van der Waals surface area contributed by atoms with E-state index in [9.17, 15) is 0 Å². The van der Waals surface area contributed by atoms with Gasteiger partial charge in [0, 0.05) is 17.6 Å². The molecule has 3 rings (SSSR count). The van der Waals surface area contributed by atoms with Crippen molar-refractivity contribution in [1.29, 1.82) is 0 Å². The quantitative estimate of drug-likeness (QED) is 0.865. The number of thiazole rings is 1. The van der Waals surface area contributed by atoms with Crippen molar-refractivity contribution in [1.82, 2.24) is 20.0 Å². The van der Waals surface area contributed by atoms with Crippen molar-refractivity contribution in [2.75, 3.05) is 19.8 Å². The number of morpholine rings is 1. The van der Waals surface area contributed by atoms with Crippen molar-refractivity contribution in [3.8, 4) is 0 Å². The first kappa shape index (κ1) is 14.6. The van der Waals surface area contributed by atoms with Crippen molar-refractivity contribution in [2.24, 2.45) is 0 Å². The lowest BCUT2D eigenvalue weighted by Crippen LogP contribution is -2.39.